The minimum Gasteiger partial charge on any atom is -0.467 e. The minimum absolute atomic E-state index is 0.0422. The second-order valence-corrected chi connectivity index (χ2v) is 11.0. The SMILES string of the molecule is CCN(C(=O)COc1ncnc2sc3c(c12)CC[C@@H](C)C3)[C@H]1CCS(=O)(=O)C1. The van der Waals surface area contributed by atoms with Crippen LogP contribution in [-0.2, 0) is 27.5 Å². The number of carbonyl (C=O) groups is 1. The summed E-state index contributed by atoms with van der Waals surface area (Å²) in [5.74, 6) is 1.12. The van der Waals surface area contributed by atoms with Gasteiger partial charge in [-0.15, -0.1) is 11.3 Å². The maximum atomic E-state index is 12.7. The number of fused-ring (bicyclic) bond motifs is 3. The van der Waals surface area contributed by atoms with Crippen LogP contribution in [0.1, 0.15) is 37.1 Å². The van der Waals surface area contributed by atoms with Crippen molar-refractivity contribution in [3.05, 3.63) is 16.8 Å². The maximum Gasteiger partial charge on any atom is 0.260 e. The Bertz CT molecular complexity index is 1000. The van der Waals surface area contributed by atoms with Crippen molar-refractivity contribution in [3.63, 3.8) is 0 Å². The molecule has 9 heteroatoms. The van der Waals surface area contributed by atoms with Crippen molar-refractivity contribution in [2.75, 3.05) is 24.7 Å². The predicted octanol–water partition coefficient (Wildman–Crippen LogP) is 2.23. The van der Waals surface area contributed by atoms with E-state index in [9.17, 15) is 13.2 Å². The molecule has 0 aromatic carbocycles. The largest absolute Gasteiger partial charge is 0.467 e. The van der Waals surface area contributed by atoms with Crippen LogP contribution in [0.4, 0.5) is 0 Å². The molecule has 0 radical (unpaired) electrons. The van der Waals surface area contributed by atoms with Gasteiger partial charge in [0, 0.05) is 17.5 Å². The second-order valence-electron chi connectivity index (χ2n) is 7.74. The van der Waals surface area contributed by atoms with Crippen LogP contribution < -0.4 is 4.74 Å². The third-order valence-corrected chi connectivity index (χ3v) is 8.61. The van der Waals surface area contributed by atoms with Gasteiger partial charge in [-0.05, 0) is 44.1 Å². The van der Waals surface area contributed by atoms with Gasteiger partial charge in [0.1, 0.15) is 11.2 Å². The zero-order valence-corrected chi connectivity index (χ0v) is 17.8. The summed E-state index contributed by atoms with van der Waals surface area (Å²) in [4.78, 5) is 25.3. The second kappa shape index (κ2) is 7.59. The number of thiophene rings is 1. The Morgan fingerprint density at radius 1 is 1.36 bits per heavy atom. The summed E-state index contributed by atoms with van der Waals surface area (Å²) in [5.41, 5.74) is 1.26. The van der Waals surface area contributed by atoms with Crippen LogP contribution in [-0.4, -0.2) is 59.9 Å². The zero-order valence-electron chi connectivity index (χ0n) is 16.2. The highest BCUT2D eigenvalue weighted by Crippen LogP contribution is 2.40. The Morgan fingerprint density at radius 2 is 2.18 bits per heavy atom. The number of aromatic nitrogens is 2. The van der Waals surface area contributed by atoms with Crippen LogP contribution in [0.2, 0.25) is 0 Å². The van der Waals surface area contributed by atoms with Gasteiger partial charge in [-0.25, -0.2) is 18.4 Å². The first-order chi connectivity index (χ1) is 13.4. The molecule has 152 valence electrons. The summed E-state index contributed by atoms with van der Waals surface area (Å²) in [5, 5.41) is 0.939. The summed E-state index contributed by atoms with van der Waals surface area (Å²) in [6, 6.07) is -0.257. The van der Waals surface area contributed by atoms with Gasteiger partial charge >= 0.3 is 0 Å². The number of carbonyl (C=O) groups excluding carboxylic acids is 1. The first kappa shape index (κ1) is 19.6. The van der Waals surface area contributed by atoms with E-state index in [1.165, 1.54) is 16.8 Å². The van der Waals surface area contributed by atoms with Gasteiger partial charge in [-0.3, -0.25) is 4.79 Å². The van der Waals surface area contributed by atoms with Crippen LogP contribution in [0.15, 0.2) is 6.33 Å². The first-order valence-corrected chi connectivity index (χ1v) is 12.4. The minimum atomic E-state index is -3.04. The molecule has 0 unspecified atom stereocenters. The van der Waals surface area contributed by atoms with E-state index >= 15 is 0 Å². The van der Waals surface area contributed by atoms with Gasteiger partial charge in [0.05, 0.1) is 16.9 Å². The Morgan fingerprint density at radius 3 is 2.89 bits per heavy atom. The Kier molecular flexibility index (Phi) is 5.30. The molecule has 28 heavy (non-hydrogen) atoms. The lowest BCUT2D eigenvalue weighted by Crippen LogP contribution is -2.43. The molecule has 2 atom stereocenters. The fourth-order valence-corrected chi connectivity index (χ4v) is 7.30. The molecule has 1 saturated heterocycles. The van der Waals surface area contributed by atoms with E-state index in [-0.39, 0.29) is 30.1 Å². The van der Waals surface area contributed by atoms with Crippen LogP contribution in [0.3, 0.4) is 0 Å². The average molecular weight is 424 g/mol. The molecule has 4 rings (SSSR count). The van der Waals surface area contributed by atoms with Crippen molar-refractivity contribution in [2.24, 2.45) is 5.92 Å². The van der Waals surface area contributed by atoms with Crippen molar-refractivity contribution < 1.29 is 17.9 Å². The number of hydrogen-bond acceptors (Lipinski definition) is 7. The third-order valence-electron chi connectivity index (χ3n) is 5.70. The van der Waals surface area contributed by atoms with Gasteiger partial charge in [0.25, 0.3) is 5.91 Å². The molecular weight excluding hydrogens is 398 g/mol. The topological polar surface area (TPSA) is 89.5 Å². The Hall–Kier alpha value is -1.74. The Balaban J connectivity index is 1.52. The van der Waals surface area contributed by atoms with Gasteiger partial charge in [-0.1, -0.05) is 6.92 Å². The van der Waals surface area contributed by atoms with Crippen LogP contribution >= 0.6 is 11.3 Å². The summed E-state index contributed by atoms with van der Waals surface area (Å²) in [6.45, 7) is 4.45. The zero-order chi connectivity index (χ0) is 19.9. The molecule has 1 fully saturated rings. The number of likely N-dealkylation sites (N-methyl/N-ethyl adjacent to an activating group) is 1. The molecule has 0 N–H and O–H groups in total. The molecular formula is C19H25N3O4S2. The first-order valence-electron chi connectivity index (χ1n) is 9.76. The molecule has 2 aliphatic rings. The number of ether oxygens (including phenoxy) is 1. The fourth-order valence-electron chi connectivity index (χ4n) is 4.23. The van der Waals surface area contributed by atoms with Crippen molar-refractivity contribution in [2.45, 2.75) is 45.6 Å². The molecule has 1 amide bonds. The molecule has 2 aromatic rings. The number of hydrogen-bond donors (Lipinski definition) is 0. The van der Waals surface area contributed by atoms with Crippen LogP contribution in [0.5, 0.6) is 5.88 Å². The quantitative estimate of drug-likeness (QED) is 0.733. The molecule has 0 bridgehead atoms. The van der Waals surface area contributed by atoms with Crippen molar-refractivity contribution >= 4 is 37.3 Å². The lowest BCUT2D eigenvalue weighted by Gasteiger charge is -2.26. The predicted molar refractivity (Wildman–Crippen MR) is 109 cm³/mol. The van der Waals surface area contributed by atoms with Gasteiger partial charge in [0.15, 0.2) is 16.4 Å². The third kappa shape index (κ3) is 3.74. The number of sulfone groups is 1. The average Bonchev–Trinajstić information content (AvgIpc) is 3.19. The Labute approximate surface area is 169 Å². The number of nitrogens with zero attached hydrogens (tertiary/aromatic N) is 3. The van der Waals surface area contributed by atoms with Gasteiger partial charge in [0.2, 0.25) is 5.88 Å². The van der Waals surface area contributed by atoms with E-state index < -0.39 is 9.84 Å². The number of rotatable bonds is 5. The standard InChI is InChI=1S/C19H25N3O4S2/c1-3-22(13-6-7-28(24,25)10-13)16(23)9-26-18-17-14-5-4-12(2)8-15(14)27-19(17)21-11-20-18/h11-13H,3-10H2,1-2H3/t12-,13+/m1/s1. The molecule has 1 aliphatic carbocycles. The summed E-state index contributed by atoms with van der Waals surface area (Å²) >= 11 is 1.69. The van der Waals surface area contributed by atoms with E-state index in [0.29, 0.717) is 24.8 Å². The normalized spacial score (nSPS) is 23.5. The van der Waals surface area contributed by atoms with Crippen molar-refractivity contribution in [3.8, 4) is 5.88 Å². The fraction of sp³-hybridized carbons (Fsp3) is 0.632. The molecule has 3 heterocycles. The lowest BCUT2D eigenvalue weighted by atomic mass is 9.89. The lowest BCUT2D eigenvalue weighted by molar-refractivity contribution is -0.135. The molecule has 1 aliphatic heterocycles. The highest BCUT2D eigenvalue weighted by molar-refractivity contribution is 7.91. The number of aryl methyl sites for hydroxylation is 1. The molecule has 0 spiro atoms. The number of amides is 1. The summed E-state index contributed by atoms with van der Waals surface area (Å²) in [7, 11) is -3.04. The van der Waals surface area contributed by atoms with E-state index in [0.717, 1.165) is 29.5 Å². The molecule has 2 aromatic heterocycles. The molecule has 0 saturated carbocycles. The van der Waals surface area contributed by atoms with Crippen LogP contribution in [0.25, 0.3) is 10.2 Å². The van der Waals surface area contributed by atoms with Crippen molar-refractivity contribution in [1.82, 2.24) is 14.9 Å². The van der Waals surface area contributed by atoms with E-state index in [1.54, 1.807) is 16.2 Å². The summed E-state index contributed by atoms with van der Waals surface area (Å²) in [6.07, 6.45) is 5.14. The van der Waals surface area contributed by atoms with Gasteiger partial charge in [-0.2, -0.15) is 0 Å². The smallest absolute Gasteiger partial charge is 0.260 e. The van der Waals surface area contributed by atoms with Gasteiger partial charge < -0.3 is 9.64 Å². The summed E-state index contributed by atoms with van der Waals surface area (Å²) < 4.78 is 29.4. The van der Waals surface area contributed by atoms with Crippen LogP contribution in [0, 0.1) is 5.92 Å². The van der Waals surface area contributed by atoms with Crippen molar-refractivity contribution in [1.29, 1.82) is 0 Å². The molecule has 7 nitrogen and oxygen atoms in total. The highest BCUT2D eigenvalue weighted by atomic mass is 32.2. The monoisotopic (exact) mass is 423 g/mol. The highest BCUT2D eigenvalue weighted by Gasteiger charge is 2.34. The van der Waals surface area contributed by atoms with E-state index in [4.69, 9.17) is 4.74 Å². The van der Waals surface area contributed by atoms with E-state index in [1.807, 2.05) is 6.92 Å². The van der Waals surface area contributed by atoms with E-state index in [2.05, 4.69) is 16.9 Å². The maximum absolute atomic E-state index is 12.7.